The van der Waals surface area contributed by atoms with Crippen LogP contribution in [0.4, 0.5) is 0 Å². The van der Waals surface area contributed by atoms with E-state index in [2.05, 4.69) is 0 Å². The van der Waals surface area contributed by atoms with Gasteiger partial charge in [0, 0.05) is 0 Å². The molecule has 0 aliphatic heterocycles. The molecule has 0 unspecified atom stereocenters. The Kier molecular flexibility index (Phi) is 2.40. The summed E-state index contributed by atoms with van der Waals surface area (Å²) < 4.78 is 0.0810. The molecular weight excluding hydrogens is 104 g/mol. The lowest BCUT2D eigenvalue weighted by Crippen LogP contribution is -2.48. The first kappa shape index (κ1) is 7.88. The highest BCUT2D eigenvalue weighted by Crippen LogP contribution is 1.93. The number of nitrogens with zero attached hydrogens (tertiary/aromatic N) is 1. The largest absolute Gasteiger partial charge is 0.180 e. The van der Waals surface area contributed by atoms with E-state index in [9.17, 15) is 0 Å². The minimum Gasteiger partial charge on any atom is -0.180 e. The van der Waals surface area contributed by atoms with Crippen LogP contribution in [0.2, 0.25) is 0 Å². The van der Waals surface area contributed by atoms with Crippen molar-refractivity contribution in [3.05, 3.63) is 0 Å². The second-order valence-electron chi connectivity index (χ2n) is 2.59. The summed E-state index contributed by atoms with van der Waals surface area (Å²) >= 11 is 0. The third kappa shape index (κ3) is 5.88. The summed E-state index contributed by atoms with van der Waals surface area (Å²) in [5.41, 5.74) is 0. The number of quaternary nitrogens is 1. The highest BCUT2D eigenvalue weighted by molar-refractivity contribution is 4.25. The Labute approximate surface area is 50.5 Å². The Morgan fingerprint density at radius 3 is 1.75 bits per heavy atom. The molecule has 50 valence electrons. The van der Waals surface area contributed by atoms with Gasteiger partial charge in [-0.05, 0) is 13.8 Å². The molecule has 0 spiro atoms. The van der Waals surface area contributed by atoms with E-state index in [0.29, 0.717) is 0 Å². The van der Waals surface area contributed by atoms with Crippen LogP contribution >= 0.6 is 0 Å². The zero-order chi connectivity index (χ0) is 6.78. The standard InChI is InChI=1S/C5H15N2O/c1-5(2)8-7(3,4)6/h5H,6H2,1-4H3/q+1. The summed E-state index contributed by atoms with van der Waals surface area (Å²) in [5, 5.41) is 0. The van der Waals surface area contributed by atoms with Crippen LogP contribution in [0.5, 0.6) is 0 Å². The molecular formula is C5H15N2O+. The Bertz CT molecular complexity index is 65.3. The second-order valence-corrected chi connectivity index (χ2v) is 2.59. The van der Waals surface area contributed by atoms with Crippen LogP contribution < -0.4 is 5.84 Å². The molecule has 0 aromatic heterocycles. The molecule has 8 heavy (non-hydrogen) atoms. The van der Waals surface area contributed by atoms with Crippen molar-refractivity contribution in [2.24, 2.45) is 5.84 Å². The van der Waals surface area contributed by atoms with E-state index >= 15 is 0 Å². The van der Waals surface area contributed by atoms with Crippen molar-refractivity contribution in [2.45, 2.75) is 20.0 Å². The van der Waals surface area contributed by atoms with Crippen LogP contribution in [0.25, 0.3) is 0 Å². The summed E-state index contributed by atoms with van der Waals surface area (Å²) in [6.45, 7) is 3.90. The molecule has 0 fully saturated rings. The van der Waals surface area contributed by atoms with E-state index in [0.717, 1.165) is 0 Å². The Hall–Kier alpha value is -0.120. The molecule has 2 N–H and O–H groups in total. The predicted octanol–water partition coefficient (Wildman–Crippen LogP) is 0.277. The predicted molar refractivity (Wildman–Crippen MR) is 32.5 cm³/mol. The van der Waals surface area contributed by atoms with Gasteiger partial charge in [0.15, 0.2) is 0 Å². The average Bonchev–Trinajstić information content (AvgIpc) is 1.21. The fraction of sp³-hybridized carbons (Fsp3) is 1.00. The highest BCUT2D eigenvalue weighted by Gasteiger charge is 2.10. The molecule has 0 aromatic carbocycles. The summed E-state index contributed by atoms with van der Waals surface area (Å²) in [5.74, 6) is 5.45. The SMILES string of the molecule is CC(C)O[N+](C)(C)N. The quantitative estimate of drug-likeness (QED) is 0.322. The van der Waals surface area contributed by atoms with Crippen molar-refractivity contribution in [1.29, 1.82) is 0 Å². The summed E-state index contributed by atoms with van der Waals surface area (Å²) in [4.78, 5) is 5.15. The molecule has 0 saturated carbocycles. The highest BCUT2D eigenvalue weighted by atomic mass is 16.7. The first-order valence-corrected chi connectivity index (χ1v) is 2.73. The normalized spacial score (nSPS) is 12.8. The number of rotatable bonds is 2. The summed E-state index contributed by atoms with van der Waals surface area (Å²) in [7, 11) is 3.56. The van der Waals surface area contributed by atoms with E-state index in [4.69, 9.17) is 10.7 Å². The molecule has 0 bridgehead atoms. The molecule has 0 radical (unpaired) electrons. The molecule has 3 heteroatoms. The topological polar surface area (TPSA) is 35.2 Å². The Balaban J connectivity index is 3.39. The van der Waals surface area contributed by atoms with Crippen LogP contribution in [-0.4, -0.2) is 25.0 Å². The lowest BCUT2D eigenvalue weighted by Gasteiger charge is -2.21. The van der Waals surface area contributed by atoms with Crippen molar-refractivity contribution in [3.8, 4) is 0 Å². The van der Waals surface area contributed by atoms with Crippen LogP contribution in [-0.2, 0) is 4.84 Å². The Morgan fingerprint density at radius 1 is 1.38 bits per heavy atom. The van der Waals surface area contributed by atoms with Crippen molar-refractivity contribution < 1.29 is 9.59 Å². The van der Waals surface area contributed by atoms with E-state index in [1.54, 1.807) is 14.1 Å². The van der Waals surface area contributed by atoms with Crippen molar-refractivity contribution in [3.63, 3.8) is 0 Å². The number of nitrogens with two attached hydrogens (primary N) is 1. The monoisotopic (exact) mass is 119 g/mol. The average molecular weight is 119 g/mol. The molecule has 0 saturated heterocycles. The number of hydrogen-bond donors (Lipinski definition) is 1. The lowest BCUT2D eigenvalue weighted by molar-refractivity contribution is -1.09. The van der Waals surface area contributed by atoms with E-state index in [-0.39, 0.29) is 10.9 Å². The van der Waals surface area contributed by atoms with Crippen molar-refractivity contribution in [2.75, 3.05) is 14.1 Å². The van der Waals surface area contributed by atoms with E-state index in [1.165, 1.54) is 0 Å². The van der Waals surface area contributed by atoms with Gasteiger partial charge in [-0.25, -0.2) is 0 Å². The Morgan fingerprint density at radius 2 is 1.75 bits per heavy atom. The van der Waals surface area contributed by atoms with Gasteiger partial charge >= 0.3 is 0 Å². The van der Waals surface area contributed by atoms with E-state index < -0.39 is 0 Å². The zero-order valence-corrected chi connectivity index (χ0v) is 6.01. The third-order valence-electron chi connectivity index (χ3n) is 0.482. The zero-order valence-electron chi connectivity index (χ0n) is 6.01. The fourth-order valence-electron chi connectivity index (χ4n) is 0.543. The molecule has 0 rings (SSSR count). The van der Waals surface area contributed by atoms with Gasteiger partial charge < -0.3 is 0 Å². The molecule has 0 aliphatic carbocycles. The third-order valence-corrected chi connectivity index (χ3v) is 0.482. The van der Waals surface area contributed by atoms with Gasteiger partial charge in [0.2, 0.25) is 0 Å². The van der Waals surface area contributed by atoms with Crippen LogP contribution in [0, 0.1) is 0 Å². The summed E-state index contributed by atoms with van der Waals surface area (Å²) in [6, 6.07) is 0. The van der Waals surface area contributed by atoms with Crippen LogP contribution in [0.1, 0.15) is 13.8 Å². The van der Waals surface area contributed by atoms with Gasteiger partial charge in [-0.2, -0.15) is 4.84 Å². The first-order valence-electron chi connectivity index (χ1n) is 2.73. The van der Waals surface area contributed by atoms with Gasteiger partial charge in [-0.1, -0.05) is 0 Å². The van der Waals surface area contributed by atoms with Gasteiger partial charge in [0.1, 0.15) is 20.2 Å². The summed E-state index contributed by atoms with van der Waals surface area (Å²) in [6.07, 6.45) is 0.190. The molecule has 0 amide bonds. The van der Waals surface area contributed by atoms with Gasteiger partial charge in [-0.15, -0.1) is 10.6 Å². The minimum atomic E-state index is 0.0810. The molecule has 0 heterocycles. The minimum absolute atomic E-state index is 0.0810. The van der Waals surface area contributed by atoms with Gasteiger partial charge in [0.25, 0.3) is 0 Å². The van der Waals surface area contributed by atoms with Crippen molar-refractivity contribution >= 4 is 0 Å². The molecule has 0 aromatic rings. The number of hydrogen-bond acceptors (Lipinski definition) is 2. The number of hydroxylamine groups is 2. The first-order chi connectivity index (χ1) is 3.42. The molecule has 0 aliphatic rings. The second kappa shape index (κ2) is 2.44. The van der Waals surface area contributed by atoms with Crippen LogP contribution in [0.15, 0.2) is 0 Å². The smallest absolute Gasteiger partial charge is 0.118 e. The maximum Gasteiger partial charge on any atom is 0.118 e. The van der Waals surface area contributed by atoms with Crippen LogP contribution in [0.3, 0.4) is 0 Å². The van der Waals surface area contributed by atoms with Gasteiger partial charge in [0.05, 0.1) is 0 Å². The maximum absolute atomic E-state index is 5.45. The molecule has 0 atom stereocenters. The lowest BCUT2D eigenvalue weighted by atomic mass is 10.5. The maximum atomic E-state index is 5.45. The fourth-order valence-corrected chi connectivity index (χ4v) is 0.543. The van der Waals surface area contributed by atoms with Gasteiger partial charge in [-0.3, -0.25) is 0 Å². The van der Waals surface area contributed by atoms with E-state index in [1.807, 2.05) is 13.8 Å². The molecule has 3 nitrogen and oxygen atoms in total. The van der Waals surface area contributed by atoms with Crippen molar-refractivity contribution in [1.82, 2.24) is 0 Å².